The summed E-state index contributed by atoms with van der Waals surface area (Å²) in [6, 6.07) is 2.48. The molecule has 118 valence electrons. The van der Waals surface area contributed by atoms with E-state index in [-0.39, 0.29) is 20.0 Å². The van der Waals surface area contributed by atoms with Gasteiger partial charge in [-0.3, -0.25) is 4.79 Å². The molecule has 0 unspecified atom stereocenters. The molecule has 0 atom stereocenters. The van der Waals surface area contributed by atoms with Gasteiger partial charge in [0.15, 0.2) is 0 Å². The summed E-state index contributed by atoms with van der Waals surface area (Å²) in [6.45, 7) is 4.02. The van der Waals surface area contributed by atoms with E-state index in [4.69, 9.17) is 39.9 Å². The second-order valence-corrected chi connectivity index (χ2v) is 8.32. The van der Waals surface area contributed by atoms with Crippen LogP contribution < -0.4 is 0 Å². The van der Waals surface area contributed by atoms with E-state index >= 15 is 0 Å². The Morgan fingerprint density at radius 3 is 1.95 bits per heavy atom. The summed E-state index contributed by atoms with van der Waals surface area (Å²) in [5, 5.41) is 8.81. The first-order valence-electron chi connectivity index (χ1n) is 5.76. The van der Waals surface area contributed by atoms with Crippen molar-refractivity contribution in [2.45, 2.75) is 31.2 Å². The van der Waals surface area contributed by atoms with E-state index in [1.165, 1.54) is 12.1 Å². The Kier molecular flexibility index (Phi) is 5.56. The summed E-state index contributed by atoms with van der Waals surface area (Å²) < 4.78 is 26.3. The van der Waals surface area contributed by atoms with Crippen LogP contribution in [0.25, 0.3) is 0 Å². The van der Waals surface area contributed by atoms with E-state index in [0.717, 1.165) is 4.31 Å². The number of carboxylic acid groups (broad SMARTS) is 1. The molecule has 1 N–H and O–H groups in total. The minimum Gasteiger partial charge on any atom is -0.480 e. The van der Waals surface area contributed by atoms with Crippen molar-refractivity contribution in [3.8, 4) is 0 Å². The lowest BCUT2D eigenvalue weighted by atomic mass is 10.1. The lowest BCUT2D eigenvalue weighted by Gasteiger charge is -2.33. The second-order valence-electron chi connectivity index (χ2n) is 5.27. The number of hydrogen-bond acceptors (Lipinski definition) is 3. The molecule has 0 saturated carbocycles. The fourth-order valence-electron chi connectivity index (χ4n) is 1.69. The maximum absolute atomic E-state index is 12.7. The van der Waals surface area contributed by atoms with Gasteiger partial charge in [-0.1, -0.05) is 34.8 Å². The first-order chi connectivity index (χ1) is 9.37. The van der Waals surface area contributed by atoms with Gasteiger partial charge in [0.25, 0.3) is 0 Å². The average Bonchev–Trinajstić information content (AvgIpc) is 2.21. The Hall–Kier alpha value is -0.530. The molecule has 0 heterocycles. The normalized spacial score (nSPS) is 12.7. The number of rotatable bonds is 4. The molecule has 0 saturated heterocycles. The Morgan fingerprint density at radius 1 is 1.19 bits per heavy atom. The van der Waals surface area contributed by atoms with Crippen molar-refractivity contribution >= 4 is 50.8 Å². The van der Waals surface area contributed by atoms with Gasteiger partial charge < -0.3 is 5.11 Å². The Labute approximate surface area is 138 Å². The van der Waals surface area contributed by atoms with Crippen LogP contribution >= 0.6 is 34.8 Å². The van der Waals surface area contributed by atoms with Crippen LogP contribution in [0, 0.1) is 0 Å². The van der Waals surface area contributed by atoms with Gasteiger partial charge in [-0.2, -0.15) is 4.31 Å². The number of sulfonamides is 1. The molecule has 0 radical (unpaired) electrons. The molecule has 0 amide bonds. The largest absolute Gasteiger partial charge is 0.480 e. The fourth-order valence-corrected chi connectivity index (χ4v) is 4.93. The highest BCUT2D eigenvalue weighted by molar-refractivity contribution is 7.89. The Balaban J connectivity index is 3.54. The lowest BCUT2D eigenvalue weighted by molar-refractivity contribution is -0.138. The van der Waals surface area contributed by atoms with Crippen molar-refractivity contribution in [1.29, 1.82) is 0 Å². The molecule has 9 heteroatoms. The van der Waals surface area contributed by atoms with E-state index in [0.29, 0.717) is 0 Å². The minimum atomic E-state index is -4.20. The van der Waals surface area contributed by atoms with Crippen molar-refractivity contribution < 1.29 is 18.3 Å². The van der Waals surface area contributed by atoms with E-state index in [2.05, 4.69) is 0 Å². The molecule has 0 spiro atoms. The number of hydrogen-bond donors (Lipinski definition) is 1. The standard InChI is InChI=1S/C12H14Cl3NO4S/c1-12(2,3)16(6-10(17)18)21(19,20)11-8(14)4-7(13)5-9(11)15/h4-5H,6H2,1-3H3,(H,17,18). The number of aliphatic carboxylic acids is 1. The van der Waals surface area contributed by atoms with Gasteiger partial charge >= 0.3 is 5.97 Å². The van der Waals surface area contributed by atoms with Gasteiger partial charge in [0.1, 0.15) is 11.4 Å². The van der Waals surface area contributed by atoms with Crippen LogP contribution in [0.2, 0.25) is 15.1 Å². The summed E-state index contributed by atoms with van der Waals surface area (Å²) in [5.41, 5.74) is -0.969. The maximum atomic E-state index is 12.7. The van der Waals surface area contributed by atoms with Crippen LogP contribution in [0.3, 0.4) is 0 Å². The third-order valence-corrected chi connectivity index (χ3v) is 5.79. The number of carboxylic acids is 1. The number of benzene rings is 1. The van der Waals surface area contributed by atoms with Crippen LogP contribution in [0.5, 0.6) is 0 Å². The van der Waals surface area contributed by atoms with Gasteiger partial charge in [-0.25, -0.2) is 8.42 Å². The zero-order chi connectivity index (χ0) is 16.6. The SMILES string of the molecule is CC(C)(C)N(CC(=O)O)S(=O)(=O)c1c(Cl)cc(Cl)cc1Cl. The van der Waals surface area contributed by atoms with Crippen molar-refractivity contribution in [3.05, 3.63) is 27.2 Å². The summed E-state index contributed by atoms with van der Waals surface area (Å²) in [7, 11) is -4.20. The average molecular weight is 375 g/mol. The predicted molar refractivity (Wildman–Crippen MR) is 82.8 cm³/mol. The summed E-state index contributed by atoms with van der Waals surface area (Å²) >= 11 is 17.6. The highest BCUT2D eigenvalue weighted by atomic mass is 35.5. The molecule has 1 aromatic rings. The lowest BCUT2D eigenvalue weighted by Crippen LogP contribution is -2.48. The Morgan fingerprint density at radius 2 is 1.62 bits per heavy atom. The van der Waals surface area contributed by atoms with Crippen molar-refractivity contribution in [2.75, 3.05) is 6.54 Å². The van der Waals surface area contributed by atoms with Gasteiger partial charge in [0.05, 0.1) is 10.0 Å². The molecule has 0 aliphatic rings. The summed E-state index contributed by atoms with van der Waals surface area (Å²) in [5.74, 6) is -1.28. The van der Waals surface area contributed by atoms with Crippen LogP contribution in [-0.4, -0.2) is 35.9 Å². The molecular formula is C12H14Cl3NO4S. The van der Waals surface area contributed by atoms with Crippen LogP contribution in [0.4, 0.5) is 0 Å². The van der Waals surface area contributed by atoms with Gasteiger partial charge in [0, 0.05) is 10.6 Å². The summed E-state index contributed by atoms with van der Waals surface area (Å²) in [4.78, 5) is 10.6. The van der Waals surface area contributed by atoms with Crippen LogP contribution in [0.15, 0.2) is 17.0 Å². The van der Waals surface area contributed by atoms with E-state index in [1.807, 2.05) is 0 Å². The third kappa shape index (κ3) is 4.23. The van der Waals surface area contributed by atoms with Gasteiger partial charge in [0.2, 0.25) is 10.0 Å². The van der Waals surface area contributed by atoms with E-state index in [1.54, 1.807) is 20.8 Å². The first kappa shape index (κ1) is 18.5. The molecule has 21 heavy (non-hydrogen) atoms. The fraction of sp³-hybridized carbons (Fsp3) is 0.417. The van der Waals surface area contributed by atoms with Crippen LogP contribution in [-0.2, 0) is 14.8 Å². The van der Waals surface area contributed by atoms with Crippen molar-refractivity contribution in [2.24, 2.45) is 0 Å². The zero-order valence-electron chi connectivity index (χ0n) is 11.5. The monoisotopic (exact) mass is 373 g/mol. The van der Waals surface area contributed by atoms with Crippen LogP contribution in [0.1, 0.15) is 20.8 Å². The molecule has 0 aliphatic carbocycles. The quantitative estimate of drug-likeness (QED) is 0.875. The van der Waals surface area contributed by atoms with E-state index in [9.17, 15) is 13.2 Å². The molecule has 0 bridgehead atoms. The molecule has 1 aromatic carbocycles. The van der Waals surface area contributed by atoms with Gasteiger partial charge in [-0.15, -0.1) is 0 Å². The topological polar surface area (TPSA) is 74.7 Å². The van der Waals surface area contributed by atoms with Crippen molar-refractivity contribution in [1.82, 2.24) is 4.31 Å². The molecular weight excluding hydrogens is 361 g/mol. The maximum Gasteiger partial charge on any atom is 0.318 e. The van der Waals surface area contributed by atoms with Gasteiger partial charge in [-0.05, 0) is 32.9 Å². The molecule has 0 aromatic heterocycles. The Bertz CT molecular complexity index is 645. The number of halogens is 3. The zero-order valence-corrected chi connectivity index (χ0v) is 14.6. The smallest absolute Gasteiger partial charge is 0.318 e. The molecule has 5 nitrogen and oxygen atoms in total. The highest BCUT2D eigenvalue weighted by Crippen LogP contribution is 2.36. The third-order valence-electron chi connectivity index (χ3n) is 2.54. The predicted octanol–water partition coefficient (Wildman–Crippen LogP) is 3.52. The number of carbonyl (C=O) groups is 1. The molecule has 0 fully saturated rings. The highest BCUT2D eigenvalue weighted by Gasteiger charge is 2.38. The first-order valence-corrected chi connectivity index (χ1v) is 8.34. The minimum absolute atomic E-state index is 0.160. The molecule has 0 aliphatic heterocycles. The summed E-state index contributed by atoms with van der Waals surface area (Å²) in [6.07, 6.45) is 0. The molecule has 1 rings (SSSR count). The van der Waals surface area contributed by atoms with Crippen molar-refractivity contribution in [3.63, 3.8) is 0 Å². The number of nitrogens with zero attached hydrogens (tertiary/aromatic N) is 1. The second kappa shape index (κ2) is 6.30. The van der Waals surface area contributed by atoms with E-state index < -0.39 is 28.1 Å².